The van der Waals surface area contributed by atoms with Crippen molar-refractivity contribution in [2.45, 2.75) is 25.8 Å². The summed E-state index contributed by atoms with van der Waals surface area (Å²) < 4.78 is 0. The highest BCUT2D eigenvalue weighted by molar-refractivity contribution is 5.81. The molecule has 2 rings (SSSR count). The maximum atomic E-state index is 12.3. The second-order valence-corrected chi connectivity index (χ2v) is 6.14. The van der Waals surface area contributed by atoms with Gasteiger partial charge in [-0.25, -0.2) is 0 Å². The molecule has 6 nitrogen and oxygen atoms in total. The number of nitrogens with zero attached hydrogens (tertiary/aromatic N) is 2. The number of hydrogen-bond acceptors (Lipinski definition) is 4. The molecule has 1 aromatic rings. The largest absolute Gasteiger partial charge is 0.363 e. The molecule has 1 aromatic carbocycles. The van der Waals surface area contributed by atoms with Crippen molar-refractivity contribution in [2.75, 3.05) is 44.7 Å². The quantitative estimate of drug-likeness (QED) is 0.777. The molecule has 0 aromatic heterocycles. The van der Waals surface area contributed by atoms with Gasteiger partial charge in [0.2, 0.25) is 11.8 Å². The number of nitrogens with one attached hydrogen (secondary N) is 2. The fourth-order valence-corrected chi connectivity index (χ4v) is 2.99. The number of likely N-dealkylation sites (N-methyl/N-ethyl adjacent to an activating group) is 2. The number of piperidine rings is 1. The van der Waals surface area contributed by atoms with E-state index in [0.29, 0.717) is 13.1 Å². The maximum Gasteiger partial charge on any atom is 0.239 e. The zero-order valence-corrected chi connectivity index (χ0v) is 14.6. The molecule has 1 fully saturated rings. The maximum absolute atomic E-state index is 12.3. The molecule has 1 aliphatic heterocycles. The van der Waals surface area contributed by atoms with Crippen LogP contribution in [0.1, 0.15) is 19.8 Å². The zero-order chi connectivity index (χ0) is 17.4. The number of amides is 2. The van der Waals surface area contributed by atoms with Crippen molar-refractivity contribution in [1.29, 1.82) is 0 Å². The van der Waals surface area contributed by atoms with Gasteiger partial charge in [0.15, 0.2) is 0 Å². The van der Waals surface area contributed by atoms with Crippen LogP contribution in [0.15, 0.2) is 30.3 Å². The van der Waals surface area contributed by atoms with Crippen LogP contribution in [0.4, 0.5) is 5.69 Å². The Morgan fingerprint density at radius 2 is 1.83 bits per heavy atom. The van der Waals surface area contributed by atoms with E-state index in [4.69, 9.17) is 0 Å². The molecule has 2 amide bonds. The topological polar surface area (TPSA) is 64.7 Å². The van der Waals surface area contributed by atoms with Crippen molar-refractivity contribution in [2.24, 2.45) is 0 Å². The van der Waals surface area contributed by atoms with Gasteiger partial charge in [0.05, 0.1) is 13.1 Å². The molecular formula is C18H28N4O2. The van der Waals surface area contributed by atoms with E-state index < -0.39 is 0 Å². The number of benzene rings is 1. The van der Waals surface area contributed by atoms with Gasteiger partial charge in [-0.2, -0.15) is 0 Å². The molecule has 1 saturated heterocycles. The van der Waals surface area contributed by atoms with Crippen LogP contribution in [0, 0.1) is 0 Å². The molecule has 0 aliphatic carbocycles. The fourth-order valence-electron chi connectivity index (χ4n) is 2.99. The summed E-state index contributed by atoms with van der Waals surface area (Å²) in [6, 6.07) is 10.2. The van der Waals surface area contributed by atoms with E-state index in [1.54, 1.807) is 7.05 Å². The normalized spacial score (nSPS) is 15.8. The van der Waals surface area contributed by atoms with Crippen molar-refractivity contribution in [1.82, 2.24) is 15.5 Å². The number of anilines is 1. The SMILES string of the molecule is CCN(CC(=O)NC1CCN(CC(=O)NC)CC1)c1ccccc1. The third kappa shape index (κ3) is 5.53. The first-order valence-corrected chi connectivity index (χ1v) is 8.64. The summed E-state index contributed by atoms with van der Waals surface area (Å²) in [6.07, 6.45) is 1.78. The third-order valence-electron chi connectivity index (χ3n) is 4.44. The smallest absolute Gasteiger partial charge is 0.239 e. The predicted molar refractivity (Wildman–Crippen MR) is 96.0 cm³/mol. The van der Waals surface area contributed by atoms with Crippen LogP contribution in [0.5, 0.6) is 0 Å². The molecule has 24 heavy (non-hydrogen) atoms. The van der Waals surface area contributed by atoms with E-state index in [1.807, 2.05) is 30.3 Å². The Bertz CT molecular complexity index is 527. The lowest BCUT2D eigenvalue weighted by molar-refractivity contribution is -0.123. The second kappa shape index (κ2) is 9.27. The predicted octanol–water partition coefficient (Wildman–Crippen LogP) is 0.840. The van der Waals surface area contributed by atoms with E-state index in [1.165, 1.54) is 0 Å². The minimum atomic E-state index is 0.0407. The summed E-state index contributed by atoms with van der Waals surface area (Å²) in [5.41, 5.74) is 1.07. The Balaban J connectivity index is 1.76. The number of hydrogen-bond donors (Lipinski definition) is 2. The standard InChI is InChI=1S/C18H28N4O2/c1-3-22(16-7-5-4-6-8-16)14-18(24)20-15-9-11-21(12-10-15)13-17(23)19-2/h4-8,15H,3,9-14H2,1-2H3,(H,19,23)(H,20,24). The van der Waals surface area contributed by atoms with Gasteiger partial charge < -0.3 is 15.5 Å². The first-order valence-electron chi connectivity index (χ1n) is 8.64. The van der Waals surface area contributed by atoms with Crippen LogP contribution in [-0.2, 0) is 9.59 Å². The Morgan fingerprint density at radius 3 is 2.42 bits per heavy atom. The van der Waals surface area contributed by atoms with Crippen LogP contribution in [-0.4, -0.2) is 62.5 Å². The number of likely N-dealkylation sites (tertiary alicyclic amines) is 1. The van der Waals surface area contributed by atoms with Gasteiger partial charge in [-0.05, 0) is 31.9 Å². The minimum Gasteiger partial charge on any atom is -0.363 e. The van der Waals surface area contributed by atoms with Gasteiger partial charge in [-0.3, -0.25) is 14.5 Å². The van der Waals surface area contributed by atoms with E-state index in [-0.39, 0.29) is 17.9 Å². The lowest BCUT2D eigenvalue weighted by Gasteiger charge is -2.32. The highest BCUT2D eigenvalue weighted by Gasteiger charge is 2.22. The summed E-state index contributed by atoms with van der Waals surface area (Å²) in [5.74, 6) is 0.101. The Hall–Kier alpha value is -2.08. The van der Waals surface area contributed by atoms with Gasteiger partial charge in [-0.1, -0.05) is 18.2 Å². The summed E-state index contributed by atoms with van der Waals surface area (Å²) >= 11 is 0. The van der Waals surface area contributed by atoms with Crippen molar-refractivity contribution >= 4 is 17.5 Å². The van der Waals surface area contributed by atoms with Gasteiger partial charge in [-0.15, -0.1) is 0 Å². The summed E-state index contributed by atoms with van der Waals surface area (Å²) in [7, 11) is 1.65. The summed E-state index contributed by atoms with van der Waals surface area (Å²) in [5, 5.41) is 5.78. The van der Waals surface area contributed by atoms with Crippen molar-refractivity contribution in [3.05, 3.63) is 30.3 Å². The van der Waals surface area contributed by atoms with Gasteiger partial charge in [0.25, 0.3) is 0 Å². The highest BCUT2D eigenvalue weighted by Crippen LogP contribution is 2.13. The lowest BCUT2D eigenvalue weighted by atomic mass is 10.0. The molecule has 6 heteroatoms. The van der Waals surface area contributed by atoms with E-state index >= 15 is 0 Å². The first-order chi connectivity index (χ1) is 11.6. The summed E-state index contributed by atoms with van der Waals surface area (Å²) in [4.78, 5) is 27.9. The van der Waals surface area contributed by atoms with Crippen LogP contribution in [0.2, 0.25) is 0 Å². The Labute approximate surface area is 144 Å². The third-order valence-corrected chi connectivity index (χ3v) is 4.44. The molecular weight excluding hydrogens is 304 g/mol. The zero-order valence-electron chi connectivity index (χ0n) is 14.6. The Kier molecular flexibility index (Phi) is 7.06. The van der Waals surface area contributed by atoms with Crippen LogP contribution >= 0.6 is 0 Å². The average Bonchev–Trinajstić information content (AvgIpc) is 2.62. The Morgan fingerprint density at radius 1 is 1.17 bits per heavy atom. The fraction of sp³-hybridized carbons (Fsp3) is 0.556. The van der Waals surface area contributed by atoms with Crippen LogP contribution in [0.25, 0.3) is 0 Å². The molecule has 0 radical (unpaired) electrons. The van der Waals surface area contributed by atoms with Crippen molar-refractivity contribution in [3.8, 4) is 0 Å². The highest BCUT2D eigenvalue weighted by atomic mass is 16.2. The van der Waals surface area contributed by atoms with Gasteiger partial charge in [0, 0.05) is 38.4 Å². The van der Waals surface area contributed by atoms with Crippen LogP contribution in [0.3, 0.4) is 0 Å². The number of carbonyl (C=O) groups is 2. The number of carbonyl (C=O) groups excluding carboxylic acids is 2. The average molecular weight is 332 g/mol. The minimum absolute atomic E-state index is 0.0407. The monoisotopic (exact) mass is 332 g/mol. The second-order valence-electron chi connectivity index (χ2n) is 6.14. The van der Waals surface area contributed by atoms with Gasteiger partial charge >= 0.3 is 0 Å². The lowest BCUT2D eigenvalue weighted by Crippen LogP contribution is -2.49. The van der Waals surface area contributed by atoms with Gasteiger partial charge in [0.1, 0.15) is 0 Å². The van der Waals surface area contributed by atoms with E-state index in [0.717, 1.165) is 38.2 Å². The van der Waals surface area contributed by atoms with E-state index in [2.05, 4.69) is 27.4 Å². The molecule has 0 atom stereocenters. The molecule has 0 spiro atoms. The first kappa shape index (κ1) is 18.3. The van der Waals surface area contributed by atoms with Crippen LogP contribution < -0.4 is 15.5 Å². The molecule has 0 saturated carbocycles. The number of para-hydroxylation sites is 1. The molecule has 1 aliphatic rings. The molecule has 132 valence electrons. The molecule has 0 unspecified atom stereocenters. The molecule has 1 heterocycles. The van der Waals surface area contributed by atoms with Crippen molar-refractivity contribution in [3.63, 3.8) is 0 Å². The molecule has 2 N–H and O–H groups in total. The summed E-state index contributed by atoms with van der Waals surface area (Å²) in [6.45, 7) is 5.34. The van der Waals surface area contributed by atoms with E-state index in [9.17, 15) is 9.59 Å². The molecule has 0 bridgehead atoms. The van der Waals surface area contributed by atoms with Crippen molar-refractivity contribution < 1.29 is 9.59 Å². The number of rotatable bonds is 7.